The fourth-order valence-electron chi connectivity index (χ4n) is 3.64. The van der Waals surface area contributed by atoms with Crippen LogP contribution in [0, 0.1) is 0 Å². The van der Waals surface area contributed by atoms with Crippen molar-refractivity contribution in [2.75, 3.05) is 12.0 Å². The quantitative estimate of drug-likeness (QED) is 0.387. The van der Waals surface area contributed by atoms with Crippen LogP contribution in [0.3, 0.4) is 0 Å². The van der Waals surface area contributed by atoms with Gasteiger partial charge in [-0.1, -0.05) is 48.5 Å². The number of nitrogens with one attached hydrogen (secondary N) is 1. The molecule has 0 unspecified atom stereocenters. The van der Waals surface area contributed by atoms with Gasteiger partial charge in [-0.15, -0.1) is 0 Å². The molecule has 0 aliphatic rings. The van der Waals surface area contributed by atoms with Crippen LogP contribution in [0.25, 0.3) is 0 Å². The smallest absolute Gasteiger partial charge is 0.258 e. The fraction of sp³-hybridized carbons (Fsp3) is 0.143. The molecule has 0 fully saturated rings. The molecule has 0 bridgehead atoms. The van der Waals surface area contributed by atoms with Crippen LogP contribution in [-0.2, 0) is 24.3 Å². The molecule has 6 nitrogen and oxygen atoms in total. The molecule has 3 aromatic carbocycles. The minimum atomic E-state index is -0.151. The van der Waals surface area contributed by atoms with Crippen LogP contribution in [0.15, 0.2) is 102 Å². The molecule has 0 spiro atoms. The first kappa shape index (κ1) is 22.9. The Morgan fingerprint density at radius 3 is 2.44 bits per heavy atom. The van der Waals surface area contributed by atoms with Crippen LogP contribution in [0.2, 0.25) is 0 Å². The number of anilines is 1. The summed E-state index contributed by atoms with van der Waals surface area (Å²) in [5.41, 5.74) is 3.05. The summed E-state index contributed by atoms with van der Waals surface area (Å²) in [5.74, 6) is 1.04. The Hall–Kier alpha value is -4.32. The minimum absolute atomic E-state index is 0.123. The number of furan rings is 1. The van der Waals surface area contributed by atoms with E-state index >= 15 is 0 Å². The number of ether oxygens (including phenoxy) is 1. The van der Waals surface area contributed by atoms with Gasteiger partial charge in [0, 0.05) is 11.3 Å². The topological polar surface area (TPSA) is 71.8 Å². The van der Waals surface area contributed by atoms with Gasteiger partial charge in [0.2, 0.25) is 5.91 Å². The van der Waals surface area contributed by atoms with E-state index in [1.165, 1.54) is 0 Å². The van der Waals surface area contributed by atoms with Crippen molar-refractivity contribution in [2.45, 2.75) is 19.5 Å². The molecule has 4 rings (SSSR count). The molecule has 0 aliphatic heterocycles. The molecule has 172 valence electrons. The number of carbonyl (C=O) groups excluding carboxylic acids is 2. The van der Waals surface area contributed by atoms with Gasteiger partial charge in [-0.3, -0.25) is 9.59 Å². The maximum Gasteiger partial charge on any atom is 0.258 e. The van der Waals surface area contributed by atoms with E-state index in [0.717, 1.165) is 11.1 Å². The van der Waals surface area contributed by atoms with E-state index in [9.17, 15) is 9.59 Å². The summed E-state index contributed by atoms with van der Waals surface area (Å²) < 4.78 is 10.6. The second-order valence-corrected chi connectivity index (χ2v) is 7.81. The lowest BCUT2D eigenvalue weighted by Crippen LogP contribution is -2.30. The number of benzene rings is 3. The van der Waals surface area contributed by atoms with Crippen molar-refractivity contribution in [3.05, 3.63) is 120 Å². The molecule has 0 aliphatic carbocycles. The van der Waals surface area contributed by atoms with E-state index in [1.54, 1.807) is 48.6 Å². The van der Waals surface area contributed by atoms with Gasteiger partial charge in [0.15, 0.2) is 0 Å². The average Bonchev–Trinajstić information content (AvgIpc) is 3.40. The zero-order chi connectivity index (χ0) is 23.8. The molecule has 0 saturated heterocycles. The summed E-state index contributed by atoms with van der Waals surface area (Å²) in [4.78, 5) is 27.7. The standard InChI is InChI=1S/C28H26N2O4/c1-33-25-13-6-11-23(18-25)28(32)30(20-21-8-3-2-4-9-21)24-12-5-10-22(16-24)17-27(31)29-19-26-14-7-15-34-26/h2-16,18H,17,19-20H2,1H3,(H,29,31). The number of hydrogen-bond donors (Lipinski definition) is 1. The van der Waals surface area contributed by atoms with Crippen LogP contribution in [0.5, 0.6) is 5.75 Å². The summed E-state index contributed by atoms with van der Waals surface area (Å²) in [6.45, 7) is 0.727. The number of rotatable bonds is 9. The highest BCUT2D eigenvalue weighted by molar-refractivity contribution is 6.06. The van der Waals surface area contributed by atoms with Gasteiger partial charge in [0.25, 0.3) is 5.91 Å². The van der Waals surface area contributed by atoms with Gasteiger partial charge in [-0.2, -0.15) is 0 Å². The molecule has 0 atom stereocenters. The third-order valence-corrected chi connectivity index (χ3v) is 5.37. The van der Waals surface area contributed by atoms with Gasteiger partial charge >= 0.3 is 0 Å². The van der Waals surface area contributed by atoms with Gasteiger partial charge < -0.3 is 19.4 Å². The van der Waals surface area contributed by atoms with Crippen molar-refractivity contribution in [2.24, 2.45) is 0 Å². The Balaban J connectivity index is 1.56. The molecule has 0 radical (unpaired) electrons. The van der Waals surface area contributed by atoms with Gasteiger partial charge in [0.1, 0.15) is 11.5 Å². The first-order chi connectivity index (χ1) is 16.6. The van der Waals surface area contributed by atoms with Crippen molar-refractivity contribution in [1.82, 2.24) is 5.32 Å². The summed E-state index contributed by atoms with van der Waals surface area (Å²) in [6, 6.07) is 28.0. The number of hydrogen-bond acceptors (Lipinski definition) is 4. The van der Waals surface area contributed by atoms with Gasteiger partial charge in [-0.25, -0.2) is 0 Å². The third-order valence-electron chi connectivity index (χ3n) is 5.37. The van der Waals surface area contributed by atoms with E-state index in [1.807, 2.05) is 60.7 Å². The number of amides is 2. The highest BCUT2D eigenvalue weighted by Crippen LogP contribution is 2.23. The molecule has 6 heteroatoms. The maximum absolute atomic E-state index is 13.6. The SMILES string of the molecule is COc1cccc(C(=O)N(Cc2ccccc2)c2cccc(CC(=O)NCc3ccco3)c2)c1. The molecule has 1 N–H and O–H groups in total. The summed E-state index contributed by atoms with van der Waals surface area (Å²) in [6.07, 6.45) is 1.77. The van der Waals surface area contributed by atoms with Crippen LogP contribution in [0.1, 0.15) is 27.2 Å². The van der Waals surface area contributed by atoms with Crippen molar-refractivity contribution < 1.29 is 18.7 Å². The van der Waals surface area contributed by atoms with Crippen LogP contribution >= 0.6 is 0 Å². The Morgan fingerprint density at radius 1 is 0.882 bits per heavy atom. The first-order valence-corrected chi connectivity index (χ1v) is 11.0. The van der Waals surface area contributed by atoms with E-state index in [-0.39, 0.29) is 18.2 Å². The average molecular weight is 455 g/mol. The van der Waals surface area contributed by atoms with E-state index in [2.05, 4.69) is 5.32 Å². The van der Waals surface area contributed by atoms with E-state index in [4.69, 9.17) is 9.15 Å². The van der Waals surface area contributed by atoms with Crippen molar-refractivity contribution in [1.29, 1.82) is 0 Å². The van der Waals surface area contributed by atoms with Crippen LogP contribution in [-0.4, -0.2) is 18.9 Å². The second-order valence-electron chi connectivity index (χ2n) is 7.81. The lowest BCUT2D eigenvalue weighted by atomic mass is 10.1. The Kier molecular flexibility index (Phi) is 7.40. The zero-order valence-corrected chi connectivity index (χ0v) is 18.9. The highest BCUT2D eigenvalue weighted by atomic mass is 16.5. The largest absolute Gasteiger partial charge is 0.497 e. The van der Waals surface area contributed by atoms with Crippen molar-refractivity contribution in [3.8, 4) is 5.75 Å². The Labute approximate surface area is 198 Å². The predicted molar refractivity (Wildman–Crippen MR) is 131 cm³/mol. The van der Waals surface area contributed by atoms with Gasteiger partial charge in [-0.05, 0) is 53.6 Å². The minimum Gasteiger partial charge on any atom is -0.497 e. The lowest BCUT2D eigenvalue weighted by molar-refractivity contribution is -0.120. The molecule has 0 saturated carbocycles. The van der Waals surface area contributed by atoms with Crippen LogP contribution in [0.4, 0.5) is 5.69 Å². The zero-order valence-electron chi connectivity index (χ0n) is 18.9. The molecular formula is C28H26N2O4. The monoisotopic (exact) mass is 454 g/mol. The molecular weight excluding hydrogens is 428 g/mol. The second kappa shape index (κ2) is 11.0. The normalized spacial score (nSPS) is 10.5. The highest BCUT2D eigenvalue weighted by Gasteiger charge is 2.19. The Bertz CT molecular complexity index is 1240. The maximum atomic E-state index is 13.6. The number of nitrogens with zero attached hydrogens (tertiary/aromatic N) is 1. The third kappa shape index (κ3) is 5.92. The molecule has 2 amide bonds. The van der Waals surface area contributed by atoms with E-state index < -0.39 is 0 Å². The summed E-state index contributed by atoms with van der Waals surface area (Å²) in [7, 11) is 1.58. The van der Waals surface area contributed by atoms with Gasteiger partial charge in [0.05, 0.1) is 32.9 Å². The van der Waals surface area contributed by atoms with Crippen molar-refractivity contribution in [3.63, 3.8) is 0 Å². The molecule has 4 aromatic rings. The fourth-order valence-corrected chi connectivity index (χ4v) is 3.64. The van der Waals surface area contributed by atoms with Crippen molar-refractivity contribution >= 4 is 17.5 Å². The van der Waals surface area contributed by atoms with E-state index in [0.29, 0.717) is 35.9 Å². The number of carbonyl (C=O) groups is 2. The first-order valence-electron chi connectivity index (χ1n) is 11.0. The summed E-state index contributed by atoms with van der Waals surface area (Å²) in [5, 5.41) is 2.86. The summed E-state index contributed by atoms with van der Waals surface area (Å²) >= 11 is 0. The number of methoxy groups -OCH3 is 1. The predicted octanol–water partition coefficient (Wildman–Crippen LogP) is 4.99. The molecule has 1 heterocycles. The molecule has 34 heavy (non-hydrogen) atoms. The molecule has 1 aromatic heterocycles. The lowest BCUT2D eigenvalue weighted by Gasteiger charge is -2.24. The van der Waals surface area contributed by atoms with Crippen LogP contribution < -0.4 is 15.0 Å². The Morgan fingerprint density at radius 2 is 1.68 bits per heavy atom.